The van der Waals surface area contributed by atoms with Crippen LogP contribution in [0.25, 0.3) is 21.5 Å². The Balaban J connectivity index is 1.91. The zero-order chi connectivity index (χ0) is 15.1. The standard InChI is InChI=1S/C19H19BrN2/c1-21-8-10-22(11-9-21)19-7-6-18(20)16-12-14-4-2-3-5-15(14)13-17(16)19/h2-7,12-13H,8-11H2,1H3. The zero-order valence-corrected chi connectivity index (χ0v) is 14.3. The molecule has 1 aliphatic heterocycles. The molecule has 0 aliphatic carbocycles. The molecule has 0 bridgehead atoms. The first kappa shape index (κ1) is 14.0. The maximum absolute atomic E-state index is 3.72. The van der Waals surface area contributed by atoms with Gasteiger partial charge < -0.3 is 9.80 Å². The maximum atomic E-state index is 3.72. The van der Waals surface area contributed by atoms with Crippen molar-refractivity contribution >= 4 is 43.2 Å². The first-order valence-corrected chi connectivity index (χ1v) is 8.56. The molecule has 0 spiro atoms. The van der Waals surface area contributed by atoms with E-state index in [1.54, 1.807) is 0 Å². The van der Waals surface area contributed by atoms with E-state index in [0.29, 0.717) is 0 Å². The minimum atomic E-state index is 1.10. The van der Waals surface area contributed by atoms with Crippen molar-refractivity contribution in [2.75, 3.05) is 38.1 Å². The van der Waals surface area contributed by atoms with Crippen molar-refractivity contribution in [1.29, 1.82) is 0 Å². The van der Waals surface area contributed by atoms with Crippen LogP contribution in [0.5, 0.6) is 0 Å². The molecule has 1 saturated heterocycles. The number of fused-ring (bicyclic) bond motifs is 2. The lowest BCUT2D eigenvalue weighted by Crippen LogP contribution is -2.44. The lowest BCUT2D eigenvalue weighted by Gasteiger charge is -2.34. The third-order valence-corrected chi connectivity index (χ3v) is 5.34. The summed E-state index contributed by atoms with van der Waals surface area (Å²) in [6, 6.07) is 17.7. The highest BCUT2D eigenvalue weighted by atomic mass is 79.9. The van der Waals surface area contributed by atoms with E-state index in [9.17, 15) is 0 Å². The van der Waals surface area contributed by atoms with Gasteiger partial charge in [0.1, 0.15) is 0 Å². The van der Waals surface area contributed by atoms with Crippen LogP contribution in [0, 0.1) is 0 Å². The molecule has 0 saturated carbocycles. The van der Waals surface area contributed by atoms with E-state index in [1.165, 1.54) is 31.7 Å². The lowest BCUT2D eigenvalue weighted by molar-refractivity contribution is 0.313. The monoisotopic (exact) mass is 354 g/mol. The van der Waals surface area contributed by atoms with Crippen LogP contribution >= 0.6 is 15.9 Å². The SMILES string of the molecule is CN1CCN(c2ccc(Br)c3cc4ccccc4cc23)CC1. The quantitative estimate of drug-likeness (QED) is 0.593. The van der Waals surface area contributed by atoms with Crippen molar-refractivity contribution in [3.8, 4) is 0 Å². The molecule has 22 heavy (non-hydrogen) atoms. The first-order valence-electron chi connectivity index (χ1n) is 7.77. The van der Waals surface area contributed by atoms with Crippen molar-refractivity contribution in [2.24, 2.45) is 0 Å². The summed E-state index contributed by atoms with van der Waals surface area (Å²) in [5, 5.41) is 5.25. The molecule has 1 fully saturated rings. The van der Waals surface area contributed by atoms with E-state index in [4.69, 9.17) is 0 Å². The largest absolute Gasteiger partial charge is 0.368 e. The highest BCUT2D eigenvalue weighted by molar-refractivity contribution is 9.10. The van der Waals surface area contributed by atoms with Crippen LogP contribution < -0.4 is 4.90 Å². The van der Waals surface area contributed by atoms with Crippen molar-refractivity contribution in [3.63, 3.8) is 0 Å². The summed E-state index contributed by atoms with van der Waals surface area (Å²) in [5.41, 5.74) is 1.36. The van der Waals surface area contributed by atoms with Gasteiger partial charge in [-0.15, -0.1) is 0 Å². The normalized spacial score (nSPS) is 16.5. The Morgan fingerprint density at radius 1 is 0.818 bits per heavy atom. The van der Waals surface area contributed by atoms with Gasteiger partial charge in [-0.3, -0.25) is 0 Å². The summed E-state index contributed by atoms with van der Waals surface area (Å²) in [7, 11) is 2.20. The van der Waals surface area contributed by atoms with Crippen LogP contribution in [0.15, 0.2) is 53.0 Å². The molecule has 0 atom stereocenters. The highest BCUT2D eigenvalue weighted by Crippen LogP contribution is 2.35. The molecule has 1 heterocycles. The van der Waals surface area contributed by atoms with E-state index >= 15 is 0 Å². The third kappa shape index (κ3) is 2.38. The van der Waals surface area contributed by atoms with Crippen molar-refractivity contribution in [1.82, 2.24) is 4.90 Å². The summed E-state index contributed by atoms with van der Waals surface area (Å²) < 4.78 is 1.17. The molecular formula is C19H19BrN2. The van der Waals surface area contributed by atoms with E-state index in [2.05, 4.69) is 81.3 Å². The Hall–Kier alpha value is -1.58. The summed E-state index contributed by atoms with van der Waals surface area (Å²) in [5.74, 6) is 0. The smallest absolute Gasteiger partial charge is 0.0447 e. The molecule has 3 aromatic rings. The van der Waals surface area contributed by atoms with Crippen LogP contribution in [0.1, 0.15) is 0 Å². The Labute approximate surface area is 139 Å². The Morgan fingerprint density at radius 3 is 2.14 bits per heavy atom. The molecule has 3 heteroatoms. The number of anilines is 1. The van der Waals surface area contributed by atoms with Crippen LogP contribution in [0.2, 0.25) is 0 Å². The van der Waals surface area contributed by atoms with E-state index < -0.39 is 0 Å². The van der Waals surface area contributed by atoms with Gasteiger partial charge in [0.05, 0.1) is 0 Å². The van der Waals surface area contributed by atoms with Crippen molar-refractivity contribution in [3.05, 3.63) is 53.0 Å². The molecule has 0 unspecified atom stereocenters. The average Bonchev–Trinajstić information content (AvgIpc) is 2.55. The van der Waals surface area contributed by atoms with Gasteiger partial charge in [0.25, 0.3) is 0 Å². The topological polar surface area (TPSA) is 6.48 Å². The second kappa shape index (κ2) is 5.56. The highest BCUT2D eigenvalue weighted by Gasteiger charge is 2.17. The second-order valence-corrected chi connectivity index (χ2v) is 6.96. The van der Waals surface area contributed by atoms with Gasteiger partial charge in [-0.1, -0.05) is 40.2 Å². The van der Waals surface area contributed by atoms with Crippen LogP contribution in [-0.4, -0.2) is 38.1 Å². The minimum absolute atomic E-state index is 1.10. The molecule has 0 radical (unpaired) electrons. The molecule has 4 rings (SSSR count). The van der Waals surface area contributed by atoms with Gasteiger partial charge >= 0.3 is 0 Å². The number of benzene rings is 3. The fraction of sp³-hybridized carbons (Fsp3) is 0.263. The van der Waals surface area contributed by atoms with Gasteiger partial charge in [0, 0.05) is 41.7 Å². The molecule has 112 valence electrons. The number of rotatable bonds is 1. The molecular weight excluding hydrogens is 336 g/mol. The number of hydrogen-bond acceptors (Lipinski definition) is 2. The van der Waals surface area contributed by atoms with Crippen molar-refractivity contribution < 1.29 is 0 Å². The lowest BCUT2D eigenvalue weighted by atomic mass is 10.0. The Morgan fingerprint density at radius 2 is 1.45 bits per heavy atom. The zero-order valence-electron chi connectivity index (χ0n) is 12.7. The van der Waals surface area contributed by atoms with Gasteiger partial charge in [-0.25, -0.2) is 0 Å². The van der Waals surface area contributed by atoms with Crippen molar-refractivity contribution in [2.45, 2.75) is 0 Å². The van der Waals surface area contributed by atoms with Gasteiger partial charge in [0.2, 0.25) is 0 Å². The second-order valence-electron chi connectivity index (χ2n) is 6.10. The average molecular weight is 355 g/mol. The van der Waals surface area contributed by atoms with E-state index in [0.717, 1.165) is 26.2 Å². The Kier molecular flexibility index (Phi) is 3.55. The van der Waals surface area contributed by atoms with E-state index in [-0.39, 0.29) is 0 Å². The minimum Gasteiger partial charge on any atom is -0.368 e. The number of halogens is 1. The van der Waals surface area contributed by atoms with Gasteiger partial charge in [-0.2, -0.15) is 0 Å². The predicted octanol–water partition coefficient (Wildman–Crippen LogP) is 4.51. The molecule has 0 aromatic heterocycles. The molecule has 2 nitrogen and oxygen atoms in total. The summed E-state index contributed by atoms with van der Waals surface area (Å²) in [4.78, 5) is 4.91. The summed E-state index contributed by atoms with van der Waals surface area (Å²) in [6.45, 7) is 4.45. The molecule has 0 N–H and O–H groups in total. The molecule has 3 aromatic carbocycles. The number of likely N-dealkylation sites (N-methyl/N-ethyl adjacent to an activating group) is 1. The fourth-order valence-electron chi connectivity index (χ4n) is 3.30. The fourth-order valence-corrected chi connectivity index (χ4v) is 3.76. The maximum Gasteiger partial charge on any atom is 0.0447 e. The Bertz CT molecular complexity index is 835. The van der Waals surface area contributed by atoms with Gasteiger partial charge in [-0.05, 0) is 47.5 Å². The number of nitrogens with zero attached hydrogens (tertiary/aromatic N) is 2. The number of hydrogen-bond donors (Lipinski definition) is 0. The predicted molar refractivity (Wildman–Crippen MR) is 98.9 cm³/mol. The first-order chi connectivity index (χ1) is 10.7. The van der Waals surface area contributed by atoms with Crippen LogP contribution in [0.4, 0.5) is 5.69 Å². The number of piperazine rings is 1. The molecule has 0 amide bonds. The third-order valence-electron chi connectivity index (χ3n) is 4.65. The van der Waals surface area contributed by atoms with Crippen LogP contribution in [0.3, 0.4) is 0 Å². The van der Waals surface area contributed by atoms with Crippen LogP contribution in [-0.2, 0) is 0 Å². The molecule has 1 aliphatic rings. The summed E-state index contributed by atoms with van der Waals surface area (Å²) in [6.07, 6.45) is 0. The summed E-state index contributed by atoms with van der Waals surface area (Å²) >= 11 is 3.72. The van der Waals surface area contributed by atoms with E-state index in [1.807, 2.05) is 0 Å². The van der Waals surface area contributed by atoms with Gasteiger partial charge in [0.15, 0.2) is 0 Å².